The maximum atomic E-state index is 3.61. The van der Waals surface area contributed by atoms with E-state index in [9.17, 15) is 0 Å². The van der Waals surface area contributed by atoms with Crippen LogP contribution in [-0.4, -0.2) is 0 Å². The van der Waals surface area contributed by atoms with E-state index in [1.807, 2.05) is 11.3 Å². The van der Waals surface area contributed by atoms with Crippen molar-refractivity contribution in [2.45, 2.75) is 40.3 Å². The molecule has 0 saturated heterocycles. The number of benzene rings is 1. The second-order valence-corrected chi connectivity index (χ2v) is 7.27. The van der Waals surface area contributed by atoms with Crippen molar-refractivity contribution in [3.8, 4) is 0 Å². The molecular weight excluding hydrogens is 318 g/mol. The van der Waals surface area contributed by atoms with E-state index in [1.165, 1.54) is 30.9 Å². The van der Waals surface area contributed by atoms with Crippen molar-refractivity contribution in [3.63, 3.8) is 0 Å². The summed E-state index contributed by atoms with van der Waals surface area (Å²) in [6, 6.07) is 9.26. The van der Waals surface area contributed by atoms with Crippen LogP contribution in [0.2, 0.25) is 0 Å². The van der Waals surface area contributed by atoms with Crippen molar-refractivity contribution < 1.29 is 0 Å². The molecule has 1 unspecified atom stereocenters. The van der Waals surface area contributed by atoms with E-state index >= 15 is 0 Å². The summed E-state index contributed by atoms with van der Waals surface area (Å²) in [7, 11) is 0. The van der Waals surface area contributed by atoms with Gasteiger partial charge in [-0.15, -0.1) is 11.3 Å². The quantitative estimate of drug-likeness (QED) is 0.799. The average molecular weight is 338 g/mol. The fourth-order valence-corrected chi connectivity index (χ4v) is 3.83. The van der Waals surface area contributed by atoms with Crippen LogP contribution in [0.1, 0.15) is 39.4 Å². The van der Waals surface area contributed by atoms with Gasteiger partial charge >= 0.3 is 0 Å². The molecule has 102 valence electrons. The number of aryl methyl sites for hydroxylation is 3. The van der Waals surface area contributed by atoms with Gasteiger partial charge < -0.3 is 5.32 Å². The van der Waals surface area contributed by atoms with Crippen LogP contribution in [0.4, 0.5) is 0 Å². The van der Waals surface area contributed by atoms with E-state index in [-0.39, 0.29) is 0 Å². The molecule has 0 saturated carbocycles. The van der Waals surface area contributed by atoms with E-state index in [0.29, 0.717) is 6.04 Å². The van der Waals surface area contributed by atoms with Gasteiger partial charge in [-0.3, -0.25) is 0 Å². The smallest absolute Gasteiger partial charge is 0.0314 e. The largest absolute Gasteiger partial charge is 0.305 e. The molecule has 1 nitrogen and oxygen atoms in total. The van der Waals surface area contributed by atoms with Crippen LogP contribution in [0.25, 0.3) is 0 Å². The standard InChI is InChI=1S/C16H20BrNS/c1-10-5-6-15(11(2)7-10)12(3)18-9-14-8-16(17)13(4)19-14/h5-8,12,18H,9H2,1-4H3. The highest BCUT2D eigenvalue weighted by Gasteiger charge is 2.09. The molecule has 2 aromatic rings. The Balaban J connectivity index is 2.03. The second kappa shape index (κ2) is 6.21. The molecule has 0 bridgehead atoms. The van der Waals surface area contributed by atoms with Gasteiger partial charge in [0.2, 0.25) is 0 Å². The Labute approximate surface area is 128 Å². The van der Waals surface area contributed by atoms with Gasteiger partial charge in [-0.2, -0.15) is 0 Å². The summed E-state index contributed by atoms with van der Waals surface area (Å²) < 4.78 is 1.22. The van der Waals surface area contributed by atoms with Gasteiger partial charge in [0.05, 0.1) is 0 Å². The lowest BCUT2D eigenvalue weighted by Gasteiger charge is -2.16. The van der Waals surface area contributed by atoms with Crippen molar-refractivity contribution >= 4 is 27.3 Å². The predicted octanol–water partition coefficient (Wildman–Crippen LogP) is 5.29. The van der Waals surface area contributed by atoms with Crippen LogP contribution in [0.3, 0.4) is 0 Å². The first-order valence-corrected chi connectivity index (χ1v) is 8.13. The molecule has 0 aliphatic heterocycles. The van der Waals surface area contributed by atoms with Crippen molar-refractivity contribution in [1.29, 1.82) is 0 Å². The molecule has 1 aromatic heterocycles. The maximum absolute atomic E-state index is 3.61. The van der Waals surface area contributed by atoms with Crippen molar-refractivity contribution in [3.05, 3.63) is 55.2 Å². The summed E-state index contributed by atoms with van der Waals surface area (Å²) in [6.45, 7) is 9.62. The van der Waals surface area contributed by atoms with Crippen LogP contribution in [-0.2, 0) is 6.54 Å². The molecule has 19 heavy (non-hydrogen) atoms. The monoisotopic (exact) mass is 337 g/mol. The fourth-order valence-electron chi connectivity index (χ4n) is 2.28. The minimum absolute atomic E-state index is 0.377. The molecule has 0 spiro atoms. The van der Waals surface area contributed by atoms with Crippen LogP contribution < -0.4 is 5.32 Å². The van der Waals surface area contributed by atoms with Crippen LogP contribution in [0.15, 0.2) is 28.7 Å². The Morgan fingerprint density at radius 3 is 2.53 bits per heavy atom. The zero-order valence-electron chi connectivity index (χ0n) is 11.9. The zero-order chi connectivity index (χ0) is 14.0. The first kappa shape index (κ1) is 14.8. The first-order chi connectivity index (χ1) is 8.97. The molecular formula is C16H20BrNS. The minimum atomic E-state index is 0.377. The van der Waals surface area contributed by atoms with Crippen LogP contribution in [0, 0.1) is 20.8 Å². The Hall–Kier alpha value is -0.640. The fraction of sp³-hybridized carbons (Fsp3) is 0.375. The minimum Gasteiger partial charge on any atom is -0.305 e. The Morgan fingerprint density at radius 1 is 1.21 bits per heavy atom. The summed E-state index contributed by atoms with van der Waals surface area (Å²) in [5.74, 6) is 0. The Bertz CT molecular complexity index is 555. The van der Waals surface area contributed by atoms with E-state index in [4.69, 9.17) is 0 Å². The predicted molar refractivity (Wildman–Crippen MR) is 87.9 cm³/mol. The third-order valence-electron chi connectivity index (χ3n) is 3.38. The SMILES string of the molecule is Cc1ccc(C(C)NCc2cc(Br)c(C)s2)c(C)c1. The Kier molecular flexibility index (Phi) is 4.82. The molecule has 1 N–H and O–H groups in total. The number of halogens is 1. The van der Waals surface area contributed by atoms with Crippen molar-refractivity contribution in [1.82, 2.24) is 5.32 Å². The highest BCUT2D eigenvalue weighted by molar-refractivity contribution is 9.10. The molecule has 3 heteroatoms. The van der Waals surface area contributed by atoms with E-state index in [0.717, 1.165) is 6.54 Å². The maximum Gasteiger partial charge on any atom is 0.0314 e. The summed E-state index contributed by atoms with van der Waals surface area (Å²) in [6.07, 6.45) is 0. The lowest BCUT2D eigenvalue weighted by Crippen LogP contribution is -2.18. The van der Waals surface area contributed by atoms with Gasteiger partial charge in [-0.1, -0.05) is 23.8 Å². The molecule has 0 fully saturated rings. The number of hydrogen-bond donors (Lipinski definition) is 1. The highest BCUT2D eigenvalue weighted by atomic mass is 79.9. The van der Waals surface area contributed by atoms with E-state index in [1.54, 1.807) is 0 Å². The number of nitrogens with one attached hydrogen (secondary N) is 1. The van der Waals surface area contributed by atoms with Gasteiger partial charge in [-0.25, -0.2) is 0 Å². The number of thiophene rings is 1. The lowest BCUT2D eigenvalue weighted by atomic mass is 10.0. The third kappa shape index (κ3) is 3.68. The second-order valence-electron chi connectivity index (χ2n) is 5.08. The Morgan fingerprint density at radius 2 is 1.95 bits per heavy atom. The molecule has 2 rings (SSSR count). The van der Waals surface area contributed by atoms with Gasteiger partial charge in [0, 0.05) is 26.8 Å². The number of rotatable bonds is 4. The molecule has 0 amide bonds. The number of hydrogen-bond acceptors (Lipinski definition) is 2. The summed E-state index contributed by atoms with van der Waals surface area (Å²) in [5, 5.41) is 3.61. The van der Waals surface area contributed by atoms with Crippen molar-refractivity contribution in [2.24, 2.45) is 0 Å². The molecule has 0 aliphatic rings. The van der Waals surface area contributed by atoms with E-state index in [2.05, 4.69) is 73.2 Å². The molecule has 1 atom stereocenters. The summed E-state index contributed by atoms with van der Waals surface area (Å²) >= 11 is 5.42. The van der Waals surface area contributed by atoms with E-state index < -0.39 is 0 Å². The van der Waals surface area contributed by atoms with Crippen LogP contribution in [0.5, 0.6) is 0 Å². The van der Waals surface area contributed by atoms with Crippen LogP contribution >= 0.6 is 27.3 Å². The van der Waals surface area contributed by atoms with Crippen molar-refractivity contribution in [2.75, 3.05) is 0 Å². The molecule has 1 aromatic carbocycles. The van der Waals surface area contributed by atoms with Gasteiger partial charge in [0.25, 0.3) is 0 Å². The van der Waals surface area contributed by atoms with Gasteiger partial charge in [-0.05, 0) is 60.8 Å². The van der Waals surface area contributed by atoms with Gasteiger partial charge in [0.15, 0.2) is 0 Å². The lowest BCUT2D eigenvalue weighted by molar-refractivity contribution is 0.576. The summed E-state index contributed by atoms with van der Waals surface area (Å²) in [5.41, 5.74) is 4.08. The summed E-state index contributed by atoms with van der Waals surface area (Å²) in [4.78, 5) is 2.72. The average Bonchev–Trinajstić information content (AvgIpc) is 2.66. The molecule has 0 radical (unpaired) electrons. The zero-order valence-corrected chi connectivity index (χ0v) is 14.3. The topological polar surface area (TPSA) is 12.0 Å². The molecule has 1 heterocycles. The van der Waals surface area contributed by atoms with Gasteiger partial charge in [0.1, 0.15) is 0 Å². The highest BCUT2D eigenvalue weighted by Crippen LogP contribution is 2.27. The third-order valence-corrected chi connectivity index (χ3v) is 5.52. The molecule has 0 aliphatic carbocycles. The normalized spacial score (nSPS) is 12.7. The first-order valence-electron chi connectivity index (χ1n) is 6.52.